The average molecular weight is 429 g/mol. The van der Waals surface area contributed by atoms with Crippen LogP contribution in [0.3, 0.4) is 0 Å². The molecule has 6 nitrogen and oxygen atoms in total. The van der Waals surface area contributed by atoms with Crippen LogP contribution in [0, 0.1) is 6.92 Å². The summed E-state index contributed by atoms with van der Waals surface area (Å²) in [4.78, 5) is 12.9. The Hall–Kier alpha value is -2.54. The number of benzene rings is 2. The molecule has 1 unspecified atom stereocenters. The summed E-state index contributed by atoms with van der Waals surface area (Å²) in [6.45, 7) is 6.54. The van der Waals surface area contributed by atoms with Crippen molar-refractivity contribution in [3.8, 4) is 5.75 Å². The van der Waals surface area contributed by atoms with E-state index < -0.39 is 10.0 Å². The summed E-state index contributed by atoms with van der Waals surface area (Å²) >= 11 is 0. The van der Waals surface area contributed by atoms with Gasteiger partial charge in [0.15, 0.2) is 0 Å². The second-order valence-corrected chi connectivity index (χ2v) is 10.8. The lowest BCUT2D eigenvalue weighted by molar-refractivity contribution is 0.0619. The Morgan fingerprint density at radius 3 is 2.57 bits per heavy atom. The van der Waals surface area contributed by atoms with Crippen molar-refractivity contribution < 1.29 is 17.9 Å². The summed E-state index contributed by atoms with van der Waals surface area (Å²) in [6.07, 6.45) is 2.21. The van der Waals surface area contributed by atoms with Crippen LogP contribution in [0.1, 0.15) is 60.6 Å². The molecule has 1 fully saturated rings. The largest absolute Gasteiger partial charge is 0.487 e. The molecule has 2 heterocycles. The van der Waals surface area contributed by atoms with Crippen LogP contribution < -0.4 is 14.4 Å². The minimum absolute atomic E-state index is 0.154. The molecule has 0 aliphatic carbocycles. The van der Waals surface area contributed by atoms with Crippen LogP contribution in [0.2, 0.25) is 0 Å². The standard InChI is InChI=1S/C23H28N2O4S/c1-16-6-11-21-19(14-16)20(15-23(2,3)29-21)24-22(26)17-7-9-18(10-8-17)25-12-4-5-13-30(25,27)28/h6-11,14,20H,4-5,12-13,15H2,1-3H3,(H,24,26). The molecule has 0 spiro atoms. The highest BCUT2D eigenvalue weighted by atomic mass is 32.2. The van der Waals surface area contributed by atoms with Gasteiger partial charge in [-0.05, 0) is 63.9 Å². The molecule has 2 aliphatic heterocycles. The molecule has 1 atom stereocenters. The van der Waals surface area contributed by atoms with Gasteiger partial charge in [-0.2, -0.15) is 0 Å². The third kappa shape index (κ3) is 4.17. The van der Waals surface area contributed by atoms with Gasteiger partial charge in [0.1, 0.15) is 11.4 Å². The van der Waals surface area contributed by atoms with E-state index in [0.717, 1.165) is 23.3 Å². The van der Waals surface area contributed by atoms with Crippen molar-refractivity contribution in [3.63, 3.8) is 0 Å². The predicted molar refractivity (Wildman–Crippen MR) is 118 cm³/mol. The number of sulfonamides is 1. The first kappa shape index (κ1) is 20.7. The van der Waals surface area contributed by atoms with Gasteiger partial charge in [0, 0.05) is 24.1 Å². The quantitative estimate of drug-likeness (QED) is 0.803. The molecule has 1 N–H and O–H groups in total. The highest BCUT2D eigenvalue weighted by Crippen LogP contribution is 2.40. The molecule has 2 aromatic rings. The van der Waals surface area contributed by atoms with E-state index in [4.69, 9.17) is 4.74 Å². The van der Waals surface area contributed by atoms with Gasteiger partial charge in [0.25, 0.3) is 5.91 Å². The molecule has 0 bridgehead atoms. The van der Waals surface area contributed by atoms with Crippen LogP contribution >= 0.6 is 0 Å². The zero-order chi connectivity index (χ0) is 21.5. The smallest absolute Gasteiger partial charge is 0.251 e. The van der Waals surface area contributed by atoms with E-state index in [0.29, 0.717) is 30.6 Å². The molecule has 0 radical (unpaired) electrons. The molecule has 2 aliphatic rings. The number of carbonyl (C=O) groups is 1. The van der Waals surface area contributed by atoms with Gasteiger partial charge >= 0.3 is 0 Å². The molecule has 0 aromatic heterocycles. The number of nitrogens with zero attached hydrogens (tertiary/aromatic N) is 1. The third-order valence-electron chi connectivity index (χ3n) is 5.69. The Kier molecular flexibility index (Phi) is 5.26. The van der Waals surface area contributed by atoms with Crippen LogP contribution in [0.15, 0.2) is 42.5 Å². The fraction of sp³-hybridized carbons (Fsp3) is 0.435. The number of ether oxygens (including phenoxy) is 1. The fourth-order valence-corrected chi connectivity index (χ4v) is 5.84. The lowest BCUT2D eigenvalue weighted by atomic mass is 9.88. The maximum atomic E-state index is 12.9. The minimum atomic E-state index is -3.26. The van der Waals surface area contributed by atoms with Crippen molar-refractivity contribution in [2.24, 2.45) is 0 Å². The van der Waals surface area contributed by atoms with E-state index in [1.54, 1.807) is 24.3 Å². The van der Waals surface area contributed by atoms with Gasteiger partial charge in [0.05, 0.1) is 17.5 Å². The predicted octanol–water partition coefficient (Wildman–Crippen LogP) is 3.96. The minimum Gasteiger partial charge on any atom is -0.487 e. The molecular weight excluding hydrogens is 400 g/mol. The SMILES string of the molecule is Cc1ccc2c(c1)C(NC(=O)c1ccc(N3CCCCS3(=O)=O)cc1)CC(C)(C)O2. The van der Waals surface area contributed by atoms with Crippen molar-refractivity contribution in [2.45, 2.75) is 51.7 Å². The van der Waals surface area contributed by atoms with Gasteiger partial charge < -0.3 is 10.1 Å². The number of nitrogens with one attached hydrogen (secondary N) is 1. The first-order valence-electron chi connectivity index (χ1n) is 10.4. The van der Waals surface area contributed by atoms with Crippen molar-refractivity contribution in [2.75, 3.05) is 16.6 Å². The molecular formula is C23H28N2O4S. The second-order valence-electron chi connectivity index (χ2n) is 8.78. The molecule has 0 saturated carbocycles. The van der Waals surface area contributed by atoms with Gasteiger partial charge in [-0.3, -0.25) is 9.10 Å². The number of amides is 1. The van der Waals surface area contributed by atoms with Crippen LogP contribution in [-0.4, -0.2) is 32.2 Å². The monoisotopic (exact) mass is 428 g/mol. The van der Waals surface area contributed by atoms with Gasteiger partial charge in [-0.1, -0.05) is 17.7 Å². The number of fused-ring (bicyclic) bond motifs is 1. The molecule has 7 heteroatoms. The van der Waals surface area contributed by atoms with E-state index in [1.165, 1.54) is 4.31 Å². The van der Waals surface area contributed by atoms with Crippen LogP contribution in [0.25, 0.3) is 0 Å². The van der Waals surface area contributed by atoms with Crippen molar-refractivity contribution >= 4 is 21.6 Å². The first-order chi connectivity index (χ1) is 14.1. The first-order valence-corrected chi connectivity index (χ1v) is 12.0. The van der Waals surface area contributed by atoms with Crippen molar-refractivity contribution in [1.82, 2.24) is 5.32 Å². The Bertz CT molecular complexity index is 1060. The third-order valence-corrected chi connectivity index (χ3v) is 7.56. The molecule has 160 valence electrons. The lowest BCUT2D eigenvalue weighted by Crippen LogP contribution is -2.41. The summed E-state index contributed by atoms with van der Waals surface area (Å²) in [6, 6.07) is 12.7. The van der Waals surface area contributed by atoms with Gasteiger partial charge in [0.2, 0.25) is 10.0 Å². The number of anilines is 1. The number of rotatable bonds is 3. The molecule has 30 heavy (non-hydrogen) atoms. The summed E-state index contributed by atoms with van der Waals surface area (Å²) < 4.78 is 32.1. The Labute approximate surface area is 178 Å². The molecule has 1 saturated heterocycles. The zero-order valence-corrected chi connectivity index (χ0v) is 18.5. The number of aryl methyl sites for hydroxylation is 1. The summed E-state index contributed by atoms with van der Waals surface area (Å²) in [7, 11) is -3.26. The average Bonchev–Trinajstić information content (AvgIpc) is 2.68. The van der Waals surface area contributed by atoms with E-state index in [-0.39, 0.29) is 23.3 Å². The van der Waals surface area contributed by atoms with E-state index in [1.807, 2.05) is 32.9 Å². The van der Waals surface area contributed by atoms with Crippen molar-refractivity contribution in [1.29, 1.82) is 0 Å². The highest BCUT2D eigenvalue weighted by molar-refractivity contribution is 7.92. The van der Waals surface area contributed by atoms with Crippen LogP contribution in [-0.2, 0) is 10.0 Å². The summed E-state index contributed by atoms with van der Waals surface area (Å²) in [5, 5.41) is 3.14. The Morgan fingerprint density at radius 1 is 1.13 bits per heavy atom. The Balaban J connectivity index is 1.54. The van der Waals surface area contributed by atoms with Crippen LogP contribution in [0.4, 0.5) is 5.69 Å². The van der Waals surface area contributed by atoms with Gasteiger partial charge in [-0.25, -0.2) is 8.42 Å². The maximum Gasteiger partial charge on any atom is 0.251 e. The number of hydrogen-bond acceptors (Lipinski definition) is 4. The molecule has 4 rings (SSSR count). The topological polar surface area (TPSA) is 75.7 Å². The van der Waals surface area contributed by atoms with E-state index >= 15 is 0 Å². The lowest BCUT2D eigenvalue weighted by Gasteiger charge is -2.38. The number of carbonyl (C=O) groups excluding carboxylic acids is 1. The van der Waals surface area contributed by atoms with Gasteiger partial charge in [-0.15, -0.1) is 0 Å². The normalized spacial score (nSPS) is 22.0. The molecule has 1 amide bonds. The Morgan fingerprint density at radius 2 is 1.87 bits per heavy atom. The van der Waals surface area contributed by atoms with E-state index in [9.17, 15) is 13.2 Å². The van der Waals surface area contributed by atoms with E-state index in [2.05, 4.69) is 11.4 Å². The zero-order valence-electron chi connectivity index (χ0n) is 17.6. The summed E-state index contributed by atoms with van der Waals surface area (Å²) in [5.74, 6) is 0.791. The maximum absolute atomic E-state index is 12.9. The second kappa shape index (κ2) is 7.61. The van der Waals surface area contributed by atoms with Crippen molar-refractivity contribution in [3.05, 3.63) is 59.2 Å². The van der Waals surface area contributed by atoms with Crippen LogP contribution in [0.5, 0.6) is 5.75 Å². The highest BCUT2D eigenvalue weighted by Gasteiger charge is 2.34. The fourth-order valence-electron chi connectivity index (χ4n) is 4.20. The number of hydrogen-bond donors (Lipinski definition) is 1. The summed E-state index contributed by atoms with van der Waals surface area (Å²) in [5.41, 5.74) is 2.83. The molecule has 2 aromatic carbocycles.